The number of anilines is 1. The summed E-state index contributed by atoms with van der Waals surface area (Å²) in [5.74, 6) is -0.371. The number of ketones is 1. The van der Waals surface area contributed by atoms with Gasteiger partial charge in [-0.2, -0.15) is 0 Å². The molecule has 0 amide bonds. The summed E-state index contributed by atoms with van der Waals surface area (Å²) in [6.07, 6.45) is 0.229. The Bertz CT molecular complexity index is 694. The van der Waals surface area contributed by atoms with Crippen molar-refractivity contribution in [2.24, 2.45) is 0 Å². The number of benzene rings is 2. The molecule has 0 radical (unpaired) electrons. The number of carbonyl (C=O) groups is 2. The third-order valence-electron chi connectivity index (χ3n) is 3.69. The van der Waals surface area contributed by atoms with Crippen molar-refractivity contribution in [1.82, 2.24) is 0 Å². The molecule has 0 bridgehead atoms. The first-order chi connectivity index (χ1) is 10.2. The van der Waals surface area contributed by atoms with Crippen LogP contribution in [0.2, 0.25) is 0 Å². The fraction of sp³-hybridized carbons (Fsp3) is 0.176. The number of hydrogen-bond acceptors (Lipinski definition) is 4. The van der Waals surface area contributed by atoms with E-state index >= 15 is 0 Å². The van der Waals surface area contributed by atoms with Crippen LogP contribution in [-0.2, 0) is 16.0 Å². The van der Waals surface area contributed by atoms with Crippen molar-refractivity contribution in [3.63, 3.8) is 0 Å². The van der Waals surface area contributed by atoms with Gasteiger partial charge in [-0.3, -0.25) is 4.79 Å². The molecule has 1 unspecified atom stereocenters. The minimum atomic E-state index is -0.417. The van der Waals surface area contributed by atoms with Gasteiger partial charge in [0.15, 0.2) is 5.78 Å². The SMILES string of the molecule is COC(=O)c1cccc2c1CC(=O)C(c1ccccc1)N2. The lowest BCUT2D eigenvalue weighted by molar-refractivity contribution is -0.119. The van der Waals surface area contributed by atoms with Gasteiger partial charge in [-0.05, 0) is 23.3 Å². The van der Waals surface area contributed by atoms with Crippen molar-refractivity contribution in [3.05, 3.63) is 65.2 Å². The quantitative estimate of drug-likeness (QED) is 0.860. The fourth-order valence-corrected chi connectivity index (χ4v) is 2.64. The Morgan fingerprint density at radius 2 is 1.90 bits per heavy atom. The molecule has 1 aliphatic heterocycles. The first kappa shape index (κ1) is 13.4. The van der Waals surface area contributed by atoms with Crippen molar-refractivity contribution < 1.29 is 14.3 Å². The Hall–Kier alpha value is -2.62. The van der Waals surface area contributed by atoms with Crippen LogP contribution in [0.3, 0.4) is 0 Å². The second-order valence-corrected chi connectivity index (χ2v) is 4.95. The summed E-state index contributed by atoms with van der Waals surface area (Å²) in [6, 6.07) is 14.6. The second kappa shape index (κ2) is 5.40. The third-order valence-corrected chi connectivity index (χ3v) is 3.69. The molecule has 1 atom stereocenters. The first-order valence-corrected chi connectivity index (χ1v) is 6.75. The molecule has 4 nitrogen and oxygen atoms in total. The minimum absolute atomic E-state index is 0.0463. The molecule has 0 aliphatic carbocycles. The summed E-state index contributed by atoms with van der Waals surface area (Å²) in [5.41, 5.74) is 2.90. The number of hydrogen-bond donors (Lipinski definition) is 1. The number of esters is 1. The maximum Gasteiger partial charge on any atom is 0.338 e. The molecular weight excluding hydrogens is 266 g/mol. The summed E-state index contributed by atoms with van der Waals surface area (Å²) in [4.78, 5) is 24.2. The van der Waals surface area contributed by atoms with Crippen LogP contribution in [0.1, 0.15) is 27.5 Å². The van der Waals surface area contributed by atoms with Gasteiger partial charge in [0.2, 0.25) is 0 Å². The molecular formula is C17H15NO3. The molecule has 2 aromatic rings. The Kier molecular flexibility index (Phi) is 3.44. The van der Waals surface area contributed by atoms with E-state index in [4.69, 9.17) is 4.74 Å². The van der Waals surface area contributed by atoms with E-state index in [1.165, 1.54) is 7.11 Å². The van der Waals surface area contributed by atoms with Gasteiger partial charge in [0, 0.05) is 12.1 Å². The van der Waals surface area contributed by atoms with E-state index in [0.29, 0.717) is 11.1 Å². The number of nitrogens with one attached hydrogen (secondary N) is 1. The van der Waals surface area contributed by atoms with Gasteiger partial charge in [0.25, 0.3) is 0 Å². The zero-order valence-corrected chi connectivity index (χ0v) is 11.6. The highest BCUT2D eigenvalue weighted by Gasteiger charge is 2.29. The van der Waals surface area contributed by atoms with E-state index in [-0.39, 0.29) is 18.2 Å². The smallest absolute Gasteiger partial charge is 0.338 e. The lowest BCUT2D eigenvalue weighted by Crippen LogP contribution is -2.29. The predicted molar refractivity (Wildman–Crippen MR) is 79.3 cm³/mol. The molecule has 0 saturated heterocycles. The van der Waals surface area contributed by atoms with Gasteiger partial charge in [-0.1, -0.05) is 36.4 Å². The van der Waals surface area contributed by atoms with Crippen LogP contribution in [0.25, 0.3) is 0 Å². The summed E-state index contributed by atoms with van der Waals surface area (Å²) < 4.78 is 4.77. The molecule has 4 heteroatoms. The number of rotatable bonds is 2. The largest absolute Gasteiger partial charge is 0.465 e. The van der Waals surface area contributed by atoms with E-state index in [1.807, 2.05) is 36.4 Å². The highest BCUT2D eigenvalue weighted by molar-refractivity contribution is 6.00. The Morgan fingerprint density at radius 1 is 1.14 bits per heavy atom. The molecule has 2 aromatic carbocycles. The predicted octanol–water partition coefficient (Wildman–Crippen LogP) is 2.75. The maximum absolute atomic E-state index is 12.4. The lowest BCUT2D eigenvalue weighted by Gasteiger charge is -2.27. The van der Waals surface area contributed by atoms with E-state index in [2.05, 4.69) is 5.32 Å². The fourth-order valence-electron chi connectivity index (χ4n) is 2.64. The number of fused-ring (bicyclic) bond motifs is 1. The van der Waals surface area contributed by atoms with Crippen LogP contribution in [0.15, 0.2) is 48.5 Å². The van der Waals surface area contributed by atoms with Crippen molar-refractivity contribution in [1.29, 1.82) is 0 Å². The first-order valence-electron chi connectivity index (χ1n) is 6.75. The van der Waals surface area contributed by atoms with Crippen LogP contribution in [-0.4, -0.2) is 18.9 Å². The number of methoxy groups -OCH3 is 1. The highest BCUT2D eigenvalue weighted by atomic mass is 16.5. The molecule has 106 valence electrons. The Balaban J connectivity index is 2.00. The highest BCUT2D eigenvalue weighted by Crippen LogP contribution is 2.32. The molecule has 1 heterocycles. The minimum Gasteiger partial charge on any atom is -0.465 e. The summed E-state index contributed by atoms with van der Waals surface area (Å²) in [7, 11) is 1.34. The third kappa shape index (κ3) is 2.40. The number of Topliss-reactive ketones (excluding diaryl/α,β-unsaturated/α-hetero) is 1. The monoisotopic (exact) mass is 281 g/mol. The van der Waals surface area contributed by atoms with Crippen LogP contribution >= 0.6 is 0 Å². The van der Waals surface area contributed by atoms with Crippen LogP contribution in [0.5, 0.6) is 0 Å². The van der Waals surface area contributed by atoms with Gasteiger partial charge in [-0.25, -0.2) is 4.79 Å². The standard InChI is InChI=1S/C17H15NO3/c1-21-17(20)12-8-5-9-14-13(12)10-15(19)16(18-14)11-6-3-2-4-7-11/h2-9,16,18H,10H2,1H3. The van der Waals surface area contributed by atoms with Gasteiger partial charge >= 0.3 is 5.97 Å². The van der Waals surface area contributed by atoms with Crippen LogP contribution < -0.4 is 5.32 Å². The molecule has 0 spiro atoms. The van der Waals surface area contributed by atoms with Crippen molar-refractivity contribution in [2.75, 3.05) is 12.4 Å². The molecule has 0 fully saturated rings. The average Bonchev–Trinajstić information content (AvgIpc) is 2.54. The zero-order valence-electron chi connectivity index (χ0n) is 11.6. The Morgan fingerprint density at radius 3 is 2.62 bits per heavy atom. The molecule has 21 heavy (non-hydrogen) atoms. The summed E-state index contributed by atoms with van der Waals surface area (Å²) in [6.45, 7) is 0. The van der Waals surface area contributed by atoms with Gasteiger partial charge in [0.05, 0.1) is 12.7 Å². The van der Waals surface area contributed by atoms with Crippen molar-refractivity contribution >= 4 is 17.4 Å². The average molecular weight is 281 g/mol. The zero-order chi connectivity index (χ0) is 14.8. The molecule has 0 aromatic heterocycles. The van der Waals surface area contributed by atoms with E-state index in [0.717, 1.165) is 11.3 Å². The van der Waals surface area contributed by atoms with E-state index in [9.17, 15) is 9.59 Å². The van der Waals surface area contributed by atoms with Crippen LogP contribution in [0.4, 0.5) is 5.69 Å². The molecule has 3 rings (SSSR count). The van der Waals surface area contributed by atoms with Crippen LogP contribution in [0, 0.1) is 0 Å². The summed E-state index contributed by atoms with van der Waals surface area (Å²) in [5, 5.41) is 3.23. The topological polar surface area (TPSA) is 55.4 Å². The Labute approximate surface area is 122 Å². The number of ether oxygens (including phenoxy) is 1. The molecule has 0 saturated carbocycles. The maximum atomic E-state index is 12.4. The van der Waals surface area contributed by atoms with Gasteiger partial charge in [0.1, 0.15) is 6.04 Å². The number of carbonyl (C=O) groups excluding carboxylic acids is 2. The van der Waals surface area contributed by atoms with Crippen molar-refractivity contribution in [2.45, 2.75) is 12.5 Å². The summed E-state index contributed by atoms with van der Waals surface area (Å²) >= 11 is 0. The van der Waals surface area contributed by atoms with Gasteiger partial charge < -0.3 is 10.1 Å². The normalized spacial score (nSPS) is 16.8. The van der Waals surface area contributed by atoms with E-state index in [1.54, 1.807) is 12.1 Å². The lowest BCUT2D eigenvalue weighted by atomic mass is 9.89. The second-order valence-electron chi connectivity index (χ2n) is 4.95. The van der Waals surface area contributed by atoms with Gasteiger partial charge in [-0.15, -0.1) is 0 Å². The molecule has 1 aliphatic rings. The molecule has 1 N–H and O–H groups in total. The van der Waals surface area contributed by atoms with E-state index < -0.39 is 5.97 Å². The van der Waals surface area contributed by atoms with Crippen molar-refractivity contribution in [3.8, 4) is 0 Å².